The minimum atomic E-state index is -1.09. The van der Waals surface area contributed by atoms with E-state index < -0.39 is 16.4 Å². The second-order valence-electron chi connectivity index (χ2n) is 4.63. The Morgan fingerprint density at radius 1 is 1.47 bits per heavy atom. The van der Waals surface area contributed by atoms with Crippen LogP contribution in [0.2, 0.25) is 0 Å². The molecule has 1 aromatic carbocycles. The quantitative estimate of drug-likeness (QED) is 0.474. The van der Waals surface area contributed by atoms with Gasteiger partial charge in [0.1, 0.15) is 0 Å². The van der Waals surface area contributed by atoms with Gasteiger partial charge >= 0.3 is 0 Å². The highest BCUT2D eigenvalue weighted by molar-refractivity contribution is 5.82. The Bertz CT molecular complexity index is 489. The molecule has 102 valence electrons. The van der Waals surface area contributed by atoms with Crippen molar-refractivity contribution in [1.29, 1.82) is 0 Å². The molecule has 0 unspecified atom stereocenters. The third kappa shape index (κ3) is 5.73. The van der Waals surface area contributed by atoms with Crippen molar-refractivity contribution in [3.63, 3.8) is 0 Å². The van der Waals surface area contributed by atoms with Gasteiger partial charge in [-0.3, -0.25) is 14.9 Å². The van der Waals surface area contributed by atoms with Crippen molar-refractivity contribution in [3.8, 4) is 0 Å². The van der Waals surface area contributed by atoms with E-state index >= 15 is 0 Å². The van der Waals surface area contributed by atoms with Crippen molar-refractivity contribution in [2.75, 3.05) is 0 Å². The molecule has 2 N–H and O–H groups in total. The van der Waals surface area contributed by atoms with Crippen LogP contribution in [0.3, 0.4) is 0 Å². The van der Waals surface area contributed by atoms with Gasteiger partial charge in [-0.05, 0) is 31.5 Å². The fourth-order valence-electron chi connectivity index (χ4n) is 1.29. The highest BCUT2D eigenvalue weighted by Gasteiger charge is 2.17. The van der Waals surface area contributed by atoms with Crippen LogP contribution >= 0.6 is 0 Å². The lowest BCUT2D eigenvalue weighted by atomic mass is 10.1. The third-order valence-corrected chi connectivity index (χ3v) is 2.10. The van der Waals surface area contributed by atoms with Crippen LogP contribution in [0.1, 0.15) is 25.8 Å². The maximum Gasteiger partial charge on any atom is 0.269 e. The summed E-state index contributed by atoms with van der Waals surface area (Å²) in [6.07, 6.45) is 1.30. The molecular formula is C12H15N3O4. The zero-order chi connectivity index (χ0) is 14.5. The highest BCUT2D eigenvalue weighted by atomic mass is 16.6. The first kappa shape index (κ1) is 14.8. The number of amides is 1. The van der Waals surface area contributed by atoms with E-state index in [2.05, 4.69) is 10.5 Å². The van der Waals surface area contributed by atoms with Gasteiger partial charge in [0.25, 0.3) is 5.69 Å². The van der Waals surface area contributed by atoms with Crippen LogP contribution < -0.4 is 5.43 Å². The molecule has 0 heterocycles. The van der Waals surface area contributed by atoms with Gasteiger partial charge in [-0.25, -0.2) is 5.43 Å². The van der Waals surface area contributed by atoms with E-state index in [1.807, 2.05) is 0 Å². The molecule has 0 saturated carbocycles. The number of hydrazone groups is 1. The van der Waals surface area contributed by atoms with Gasteiger partial charge in [0.2, 0.25) is 5.91 Å². The summed E-state index contributed by atoms with van der Waals surface area (Å²) in [6, 6.07) is 5.73. The molecule has 7 heteroatoms. The van der Waals surface area contributed by atoms with Crippen molar-refractivity contribution in [1.82, 2.24) is 5.43 Å². The molecule has 0 bridgehead atoms. The Balaban J connectivity index is 2.53. The number of carbonyl (C=O) groups is 1. The monoisotopic (exact) mass is 265 g/mol. The van der Waals surface area contributed by atoms with Crippen LogP contribution in [0, 0.1) is 10.1 Å². The summed E-state index contributed by atoms with van der Waals surface area (Å²) in [5.74, 6) is -0.411. The van der Waals surface area contributed by atoms with E-state index in [1.165, 1.54) is 44.3 Å². The summed E-state index contributed by atoms with van der Waals surface area (Å²) in [7, 11) is 0. The Labute approximate surface area is 110 Å². The lowest BCUT2D eigenvalue weighted by Gasteiger charge is -2.14. The smallest absolute Gasteiger partial charge is 0.269 e. The summed E-state index contributed by atoms with van der Waals surface area (Å²) >= 11 is 0. The Kier molecular flexibility index (Phi) is 4.71. The molecule has 0 radical (unpaired) electrons. The van der Waals surface area contributed by atoms with E-state index in [9.17, 15) is 20.0 Å². The number of hydrogen-bond donors (Lipinski definition) is 2. The van der Waals surface area contributed by atoms with Crippen LogP contribution in [0.25, 0.3) is 0 Å². The molecule has 0 aliphatic heterocycles. The molecule has 0 fully saturated rings. The van der Waals surface area contributed by atoms with Crippen molar-refractivity contribution in [2.45, 2.75) is 25.9 Å². The van der Waals surface area contributed by atoms with Gasteiger partial charge in [0.15, 0.2) is 0 Å². The molecule has 19 heavy (non-hydrogen) atoms. The van der Waals surface area contributed by atoms with Gasteiger partial charge in [0.05, 0.1) is 23.2 Å². The molecular weight excluding hydrogens is 250 g/mol. The number of carbonyl (C=O) groups excluding carboxylic acids is 1. The van der Waals surface area contributed by atoms with Gasteiger partial charge in [-0.2, -0.15) is 5.10 Å². The van der Waals surface area contributed by atoms with Crippen LogP contribution in [0.5, 0.6) is 0 Å². The van der Waals surface area contributed by atoms with E-state index in [1.54, 1.807) is 0 Å². The summed E-state index contributed by atoms with van der Waals surface area (Å²) in [5.41, 5.74) is 1.78. The number of nitro groups is 1. The van der Waals surface area contributed by atoms with E-state index in [0.29, 0.717) is 5.56 Å². The Hall–Kier alpha value is -2.28. The lowest BCUT2D eigenvalue weighted by Crippen LogP contribution is -2.29. The van der Waals surface area contributed by atoms with E-state index in [-0.39, 0.29) is 12.1 Å². The number of aliphatic hydroxyl groups is 1. The number of nitrogens with zero attached hydrogens (tertiary/aromatic N) is 2. The van der Waals surface area contributed by atoms with E-state index in [0.717, 1.165) is 0 Å². The first-order chi connectivity index (χ1) is 8.78. The second-order valence-corrected chi connectivity index (χ2v) is 4.63. The Morgan fingerprint density at radius 3 is 2.53 bits per heavy atom. The fourth-order valence-corrected chi connectivity index (χ4v) is 1.29. The third-order valence-electron chi connectivity index (χ3n) is 2.10. The maximum atomic E-state index is 11.3. The van der Waals surface area contributed by atoms with Crippen molar-refractivity contribution < 1.29 is 14.8 Å². The largest absolute Gasteiger partial charge is 0.390 e. The molecule has 1 amide bonds. The molecule has 1 aromatic rings. The fraction of sp³-hybridized carbons (Fsp3) is 0.333. The number of benzene rings is 1. The average Bonchev–Trinajstić information content (AvgIpc) is 2.27. The van der Waals surface area contributed by atoms with Gasteiger partial charge in [-0.15, -0.1) is 0 Å². The van der Waals surface area contributed by atoms with Gasteiger partial charge in [-0.1, -0.05) is 0 Å². The molecule has 0 spiro atoms. The van der Waals surface area contributed by atoms with Crippen LogP contribution in [-0.2, 0) is 4.79 Å². The standard InChI is InChI=1S/C12H15N3O4/c1-12(2,17)7-11(16)14-13-8-9-3-5-10(6-4-9)15(18)19/h3-6,8,17H,7H2,1-2H3,(H,14,16)/b13-8+. The number of nitro benzene ring substituents is 1. The van der Waals surface area contributed by atoms with Crippen LogP contribution in [0.4, 0.5) is 5.69 Å². The number of hydrogen-bond acceptors (Lipinski definition) is 5. The molecule has 0 atom stereocenters. The molecule has 0 aliphatic rings. The number of non-ortho nitro benzene ring substituents is 1. The molecule has 0 aromatic heterocycles. The predicted octanol–water partition coefficient (Wildman–Crippen LogP) is 1.21. The SMILES string of the molecule is CC(C)(O)CC(=O)N/N=C/c1ccc([N+](=O)[O-])cc1. The summed E-state index contributed by atoms with van der Waals surface area (Å²) < 4.78 is 0. The van der Waals surface area contributed by atoms with Crippen molar-refractivity contribution >= 4 is 17.8 Å². The van der Waals surface area contributed by atoms with Gasteiger partial charge in [0, 0.05) is 12.1 Å². The Morgan fingerprint density at radius 2 is 2.05 bits per heavy atom. The summed E-state index contributed by atoms with van der Waals surface area (Å²) in [6.45, 7) is 3.04. The van der Waals surface area contributed by atoms with E-state index in [4.69, 9.17) is 0 Å². The van der Waals surface area contributed by atoms with Crippen molar-refractivity contribution in [3.05, 3.63) is 39.9 Å². The minimum Gasteiger partial charge on any atom is -0.390 e. The molecule has 0 aliphatic carbocycles. The molecule has 0 saturated heterocycles. The van der Waals surface area contributed by atoms with Crippen LogP contribution in [-0.4, -0.2) is 27.8 Å². The second kappa shape index (κ2) is 6.05. The zero-order valence-corrected chi connectivity index (χ0v) is 10.7. The summed E-state index contributed by atoms with van der Waals surface area (Å²) in [4.78, 5) is 21.3. The first-order valence-corrected chi connectivity index (χ1v) is 5.57. The van der Waals surface area contributed by atoms with Crippen molar-refractivity contribution in [2.24, 2.45) is 5.10 Å². The zero-order valence-electron chi connectivity index (χ0n) is 10.7. The topological polar surface area (TPSA) is 105 Å². The molecule has 7 nitrogen and oxygen atoms in total. The number of rotatable bonds is 5. The average molecular weight is 265 g/mol. The first-order valence-electron chi connectivity index (χ1n) is 5.57. The lowest BCUT2D eigenvalue weighted by molar-refractivity contribution is -0.384. The normalized spacial score (nSPS) is 11.5. The predicted molar refractivity (Wildman–Crippen MR) is 69.7 cm³/mol. The summed E-state index contributed by atoms with van der Waals surface area (Å²) in [5, 5.41) is 23.5. The van der Waals surface area contributed by atoms with Gasteiger partial charge < -0.3 is 5.11 Å². The highest BCUT2D eigenvalue weighted by Crippen LogP contribution is 2.10. The minimum absolute atomic E-state index is 0.0109. The maximum absolute atomic E-state index is 11.3. The molecule has 1 rings (SSSR count). The number of nitrogens with one attached hydrogen (secondary N) is 1. The van der Waals surface area contributed by atoms with Crippen LogP contribution in [0.15, 0.2) is 29.4 Å².